The van der Waals surface area contributed by atoms with Gasteiger partial charge in [0.05, 0.1) is 12.2 Å². The minimum Gasteiger partial charge on any atom is -0.493 e. The van der Waals surface area contributed by atoms with Crippen molar-refractivity contribution in [1.82, 2.24) is 10.2 Å². The van der Waals surface area contributed by atoms with E-state index in [1.54, 1.807) is 12.1 Å². The van der Waals surface area contributed by atoms with E-state index >= 15 is 0 Å². The predicted molar refractivity (Wildman–Crippen MR) is 85.4 cm³/mol. The van der Waals surface area contributed by atoms with Gasteiger partial charge in [-0.3, -0.25) is 0 Å². The number of para-hydroxylation sites is 1. The summed E-state index contributed by atoms with van der Waals surface area (Å²) in [5.41, 5.74) is 8.01. The summed E-state index contributed by atoms with van der Waals surface area (Å²) < 4.78 is 11.5. The van der Waals surface area contributed by atoms with Gasteiger partial charge in [0.1, 0.15) is 5.75 Å². The van der Waals surface area contributed by atoms with Gasteiger partial charge in [-0.1, -0.05) is 19.1 Å². The van der Waals surface area contributed by atoms with Crippen molar-refractivity contribution in [2.45, 2.75) is 13.3 Å². The van der Waals surface area contributed by atoms with Gasteiger partial charge in [0, 0.05) is 11.3 Å². The Labute approximate surface area is 128 Å². The Morgan fingerprint density at radius 1 is 1.00 bits per heavy atom. The monoisotopic (exact) mass is 295 g/mol. The summed E-state index contributed by atoms with van der Waals surface area (Å²) in [5.74, 6) is 1.65. The molecule has 1 aromatic heterocycles. The second-order valence-electron chi connectivity index (χ2n) is 4.88. The third-order valence-electron chi connectivity index (χ3n) is 3.16. The summed E-state index contributed by atoms with van der Waals surface area (Å²) in [7, 11) is 0. The molecular formula is C17H17N3O2. The molecule has 0 saturated carbocycles. The lowest BCUT2D eigenvalue weighted by atomic mass is 10.2. The van der Waals surface area contributed by atoms with E-state index in [2.05, 4.69) is 17.1 Å². The number of benzene rings is 2. The summed E-state index contributed by atoms with van der Waals surface area (Å²) in [6.45, 7) is 2.71. The van der Waals surface area contributed by atoms with E-state index < -0.39 is 0 Å². The Morgan fingerprint density at radius 3 is 2.50 bits per heavy atom. The van der Waals surface area contributed by atoms with Gasteiger partial charge in [0.25, 0.3) is 5.89 Å². The first-order valence-electron chi connectivity index (χ1n) is 7.19. The van der Waals surface area contributed by atoms with Gasteiger partial charge >= 0.3 is 0 Å². The minimum absolute atomic E-state index is 0.443. The lowest BCUT2D eigenvalue weighted by molar-refractivity contribution is 0.318. The number of nitrogens with zero attached hydrogens (tertiary/aromatic N) is 2. The molecule has 0 saturated heterocycles. The van der Waals surface area contributed by atoms with Crippen LogP contribution in [0.25, 0.3) is 22.9 Å². The number of rotatable bonds is 5. The van der Waals surface area contributed by atoms with Gasteiger partial charge in [-0.05, 0) is 42.8 Å². The third kappa shape index (κ3) is 2.93. The van der Waals surface area contributed by atoms with Crippen LogP contribution in [0.2, 0.25) is 0 Å². The van der Waals surface area contributed by atoms with Crippen LogP contribution in [-0.2, 0) is 0 Å². The van der Waals surface area contributed by atoms with Crippen molar-refractivity contribution in [2.24, 2.45) is 0 Å². The molecule has 0 fully saturated rings. The lowest BCUT2D eigenvalue weighted by Gasteiger charge is -2.07. The highest BCUT2D eigenvalue weighted by molar-refractivity contribution is 5.64. The molecule has 0 aliphatic rings. The maximum absolute atomic E-state index is 5.77. The molecule has 22 heavy (non-hydrogen) atoms. The molecule has 0 spiro atoms. The molecule has 0 aliphatic carbocycles. The van der Waals surface area contributed by atoms with Crippen molar-refractivity contribution in [3.8, 4) is 28.7 Å². The van der Waals surface area contributed by atoms with Crippen LogP contribution < -0.4 is 10.5 Å². The molecule has 3 rings (SSSR count). The van der Waals surface area contributed by atoms with Crippen molar-refractivity contribution in [2.75, 3.05) is 12.3 Å². The number of hydrogen-bond acceptors (Lipinski definition) is 5. The Kier molecular flexibility index (Phi) is 4.05. The van der Waals surface area contributed by atoms with Gasteiger partial charge < -0.3 is 14.9 Å². The Balaban J connectivity index is 1.92. The van der Waals surface area contributed by atoms with Gasteiger partial charge in [0.2, 0.25) is 5.89 Å². The highest BCUT2D eigenvalue weighted by Gasteiger charge is 2.14. The predicted octanol–water partition coefficient (Wildman–Crippen LogP) is 3.77. The van der Waals surface area contributed by atoms with E-state index in [0.717, 1.165) is 23.3 Å². The number of nitrogens with two attached hydrogens (primary N) is 1. The smallest absolute Gasteiger partial charge is 0.251 e. The fourth-order valence-electron chi connectivity index (χ4n) is 2.06. The molecule has 0 unspecified atom stereocenters. The van der Waals surface area contributed by atoms with E-state index in [-0.39, 0.29) is 0 Å². The largest absolute Gasteiger partial charge is 0.493 e. The van der Waals surface area contributed by atoms with Crippen molar-refractivity contribution < 1.29 is 9.15 Å². The van der Waals surface area contributed by atoms with Crippen LogP contribution in [0, 0.1) is 0 Å². The molecule has 3 aromatic rings. The number of ether oxygens (including phenoxy) is 1. The second kappa shape index (κ2) is 6.30. The maximum Gasteiger partial charge on any atom is 0.251 e. The first-order chi connectivity index (χ1) is 10.8. The highest BCUT2D eigenvalue weighted by Crippen LogP contribution is 2.31. The van der Waals surface area contributed by atoms with Crippen LogP contribution in [0.5, 0.6) is 5.75 Å². The fraction of sp³-hybridized carbons (Fsp3) is 0.176. The van der Waals surface area contributed by atoms with Crippen molar-refractivity contribution in [3.05, 3.63) is 48.5 Å². The average molecular weight is 295 g/mol. The van der Waals surface area contributed by atoms with E-state index in [4.69, 9.17) is 14.9 Å². The average Bonchev–Trinajstić information content (AvgIpc) is 3.03. The molecule has 0 atom stereocenters. The Bertz CT molecular complexity index is 751. The maximum atomic E-state index is 5.77. The number of aromatic nitrogens is 2. The van der Waals surface area contributed by atoms with E-state index in [9.17, 15) is 0 Å². The summed E-state index contributed by atoms with van der Waals surface area (Å²) in [5, 5.41) is 8.23. The molecule has 0 bridgehead atoms. The molecule has 5 heteroatoms. The Hall–Kier alpha value is -2.82. The molecule has 0 aliphatic heterocycles. The molecule has 0 radical (unpaired) electrons. The van der Waals surface area contributed by atoms with E-state index in [1.807, 2.05) is 36.4 Å². The third-order valence-corrected chi connectivity index (χ3v) is 3.16. The van der Waals surface area contributed by atoms with Crippen LogP contribution in [0.3, 0.4) is 0 Å². The molecule has 2 N–H and O–H groups in total. The van der Waals surface area contributed by atoms with Crippen LogP contribution >= 0.6 is 0 Å². The summed E-state index contributed by atoms with van der Waals surface area (Å²) >= 11 is 0. The van der Waals surface area contributed by atoms with Crippen LogP contribution in [0.15, 0.2) is 52.9 Å². The molecule has 0 amide bonds. The number of anilines is 1. The fourth-order valence-corrected chi connectivity index (χ4v) is 2.06. The minimum atomic E-state index is 0.443. The van der Waals surface area contributed by atoms with Gasteiger partial charge in [-0.2, -0.15) is 0 Å². The zero-order valence-electron chi connectivity index (χ0n) is 12.3. The van der Waals surface area contributed by atoms with Crippen LogP contribution in [-0.4, -0.2) is 16.8 Å². The van der Waals surface area contributed by atoms with Crippen molar-refractivity contribution >= 4 is 5.69 Å². The highest BCUT2D eigenvalue weighted by atomic mass is 16.5. The first kappa shape index (κ1) is 14.1. The zero-order valence-corrected chi connectivity index (χ0v) is 12.3. The van der Waals surface area contributed by atoms with E-state index in [0.29, 0.717) is 24.1 Å². The van der Waals surface area contributed by atoms with E-state index in [1.165, 1.54) is 0 Å². The standard InChI is InChI=1S/C17H17N3O2/c1-2-11-21-15-6-4-3-5-14(15)17-20-19-16(22-17)12-7-9-13(18)10-8-12/h3-10H,2,11,18H2,1H3. The van der Waals surface area contributed by atoms with Gasteiger partial charge in [0.15, 0.2) is 0 Å². The molecule has 112 valence electrons. The van der Waals surface area contributed by atoms with Crippen LogP contribution in [0.1, 0.15) is 13.3 Å². The quantitative estimate of drug-likeness (QED) is 0.725. The topological polar surface area (TPSA) is 74.2 Å². The molecule has 2 aromatic carbocycles. The second-order valence-corrected chi connectivity index (χ2v) is 4.88. The van der Waals surface area contributed by atoms with Gasteiger partial charge in [-0.25, -0.2) is 0 Å². The summed E-state index contributed by atoms with van der Waals surface area (Å²) in [6.07, 6.45) is 0.939. The van der Waals surface area contributed by atoms with Crippen molar-refractivity contribution in [1.29, 1.82) is 0 Å². The van der Waals surface area contributed by atoms with Gasteiger partial charge in [-0.15, -0.1) is 10.2 Å². The summed E-state index contributed by atoms with van der Waals surface area (Å²) in [6, 6.07) is 15.0. The molecule has 1 heterocycles. The van der Waals surface area contributed by atoms with Crippen LogP contribution in [0.4, 0.5) is 5.69 Å². The summed E-state index contributed by atoms with van der Waals surface area (Å²) in [4.78, 5) is 0. The number of nitrogen functional groups attached to an aromatic ring is 1. The lowest BCUT2D eigenvalue weighted by Crippen LogP contribution is -1.96. The SMILES string of the molecule is CCCOc1ccccc1-c1nnc(-c2ccc(N)cc2)o1. The Morgan fingerprint density at radius 2 is 1.73 bits per heavy atom. The van der Waals surface area contributed by atoms with Crippen molar-refractivity contribution in [3.63, 3.8) is 0 Å². The normalized spacial score (nSPS) is 10.6. The molecule has 5 nitrogen and oxygen atoms in total. The number of hydrogen-bond donors (Lipinski definition) is 1. The zero-order chi connectivity index (χ0) is 15.4. The first-order valence-corrected chi connectivity index (χ1v) is 7.19. The molecular weight excluding hydrogens is 278 g/mol.